The van der Waals surface area contributed by atoms with Crippen molar-refractivity contribution in [3.05, 3.63) is 70.4 Å². The molecule has 146 valence electrons. The Labute approximate surface area is 173 Å². The molecule has 0 unspecified atom stereocenters. The Morgan fingerprint density at radius 2 is 1.90 bits per heavy atom. The predicted octanol–water partition coefficient (Wildman–Crippen LogP) is 4.14. The van der Waals surface area contributed by atoms with Crippen LogP contribution >= 0.6 is 11.6 Å². The summed E-state index contributed by atoms with van der Waals surface area (Å²) in [6.45, 7) is 4.11. The molecule has 0 atom stereocenters. The maximum atomic E-state index is 12.7. The third-order valence-corrected chi connectivity index (χ3v) is 5.27. The Hall–Kier alpha value is -3.30. The quantitative estimate of drug-likeness (QED) is 0.653. The van der Waals surface area contributed by atoms with E-state index in [0.717, 1.165) is 11.1 Å². The zero-order valence-electron chi connectivity index (χ0n) is 15.9. The lowest BCUT2D eigenvalue weighted by molar-refractivity contribution is 0.0745. The van der Waals surface area contributed by atoms with Crippen molar-refractivity contribution in [3.8, 4) is 17.5 Å². The van der Waals surface area contributed by atoms with Crippen molar-refractivity contribution in [1.82, 2.24) is 9.88 Å². The first-order chi connectivity index (χ1) is 14.1. The van der Waals surface area contributed by atoms with Crippen LogP contribution in [0.3, 0.4) is 0 Å². The number of benzene rings is 2. The van der Waals surface area contributed by atoms with Gasteiger partial charge in [0.25, 0.3) is 5.91 Å². The lowest BCUT2D eigenvalue weighted by Crippen LogP contribution is -2.49. The van der Waals surface area contributed by atoms with E-state index < -0.39 is 0 Å². The van der Waals surface area contributed by atoms with Crippen LogP contribution in [0.2, 0.25) is 5.02 Å². The van der Waals surface area contributed by atoms with Crippen molar-refractivity contribution in [3.63, 3.8) is 0 Å². The van der Waals surface area contributed by atoms with Gasteiger partial charge in [0.05, 0.1) is 10.6 Å². The summed E-state index contributed by atoms with van der Waals surface area (Å²) in [4.78, 5) is 20.8. The molecule has 1 aromatic heterocycles. The Morgan fingerprint density at radius 1 is 1.14 bits per heavy atom. The van der Waals surface area contributed by atoms with Crippen LogP contribution in [0.4, 0.5) is 5.88 Å². The molecule has 7 heteroatoms. The third-order valence-electron chi connectivity index (χ3n) is 4.94. The minimum absolute atomic E-state index is 0.0891. The molecule has 1 amide bonds. The second-order valence-corrected chi connectivity index (χ2v) is 7.32. The van der Waals surface area contributed by atoms with Crippen LogP contribution in [0.15, 0.2) is 52.9 Å². The van der Waals surface area contributed by atoms with Crippen LogP contribution in [0.25, 0.3) is 11.5 Å². The van der Waals surface area contributed by atoms with Gasteiger partial charge in [-0.05, 0) is 31.2 Å². The van der Waals surface area contributed by atoms with Crippen LogP contribution in [0.5, 0.6) is 0 Å². The molecule has 0 radical (unpaired) electrons. The van der Waals surface area contributed by atoms with E-state index in [1.54, 1.807) is 29.2 Å². The number of rotatable bonds is 3. The van der Waals surface area contributed by atoms with E-state index in [9.17, 15) is 10.1 Å². The molecular weight excluding hydrogens is 388 g/mol. The van der Waals surface area contributed by atoms with Gasteiger partial charge in [0.1, 0.15) is 6.07 Å². The number of aromatic nitrogens is 1. The molecule has 3 aromatic rings. The first-order valence-corrected chi connectivity index (χ1v) is 9.71. The first kappa shape index (κ1) is 19.0. The molecule has 1 aliphatic heterocycles. The van der Waals surface area contributed by atoms with Gasteiger partial charge in [-0.3, -0.25) is 4.79 Å². The second-order valence-electron chi connectivity index (χ2n) is 6.91. The van der Waals surface area contributed by atoms with E-state index in [1.165, 1.54) is 0 Å². The normalized spacial score (nSPS) is 14.0. The number of hydrogen-bond donors (Lipinski definition) is 0. The fourth-order valence-corrected chi connectivity index (χ4v) is 3.63. The highest BCUT2D eigenvalue weighted by Gasteiger charge is 2.27. The summed E-state index contributed by atoms with van der Waals surface area (Å²) in [5.74, 6) is 0.789. The molecule has 0 bridgehead atoms. The topological polar surface area (TPSA) is 73.4 Å². The molecular formula is C22H19ClN4O2. The minimum Gasteiger partial charge on any atom is -0.419 e. The minimum atomic E-state index is -0.0891. The average molecular weight is 407 g/mol. The molecule has 4 rings (SSSR count). The van der Waals surface area contributed by atoms with Crippen molar-refractivity contribution < 1.29 is 9.21 Å². The predicted molar refractivity (Wildman–Crippen MR) is 111 cm³/mol. The fourth-order valence-electron chi connectivity index (χ4n) is 3.42. The van der Waals surface area contributed by atoms with Crippen LogP contribution in [0.1, 0.15) is 21.6 Å². The molecule has 1 fully saturated rings. The number of nitrogens with zero attached hydrogens (tertiary/aromatic N) is 4. The fraction of sp³-hybridized carbons (Fsp3) is 0.227. The molecule has 2 heterocycles. The number of halogens is 1. The number of anilines is 1. The van der Waals surface area contributed by atoms with Gasteiger partial charge in [0.2, 0.25) is 17.5 Å². The SMILES string of the molecule is Cc1cccc(-c2nc(C#N)c(N3CCN(C(=O)c4ccccc4Cl)CC3)o2)c1. The summed E-state index contributed by atoms with van der Waals surface area (Å²) in [7, 11) is 0. The van der Waals surface area contributed by atoms with E-state index in [-0.39, 0.29) is 11.6 Å². The number of aryl methyl sites for hydroxylation is 1. The Bertz CT molecular complexity index is 1090. The van der Waals surface area contributed by atoms with E-state index in [2.05, 4.69) is 11.1 Å². The zero-order valence-corrected chi connectivity index (χ0v) is 16.7. The highest BCUT2D eigenvalue weighted by atomic mass is 35.5. The summed E-state index contributed by atoms with van der Waals surface area (Å²) in [5, 5.41) is 9.95. The standard InChI is InChI=1S/C22H19ClN4O2/c1-15-5-4-6-16(13-15)20-25-19(14-24)22(29-20)27-11-9-26(10-12-27)21(28)17-7-2-3-8-18(17)23/h2-8,13H,9-12H2,1H3. The third kappa shape index (κ3) is 3.82. The second kappa shape index (κ2) is 7.98. The van der Waals surface area contributed by atoms with Gasteiger partial charge < -0.3 is 14.2 Å². The highest BCUT2D eigenvalue weighted by Crippen LogP contribution is 2.29. The molecule has 0 N–H and O–H groups in total. The van der Waals surface area contributed by atoms with Gasteiger partial charge in [0, 0.05) is 31.7 Å². The largest absolute Gasteiger partial charge is 0.419 e. The van der Waals surface area contributed by atoms with Crippen molar-refractivity contribution in [2.45, 2.75) is 6.92 Å². The monoisotopic (exact) mass is 406 g/mol. The van der Waals surface area contributed by atoms with E-state index in [4.69, 9.17) is 16.0 Å². The first-order valence-electron chi connectivity index (χ1n) is 9.33. The number of piperazine rings is 1. The summed E-state index contributed by atoms with van der Waals surface area (Å²) in [6, 6.07) is 17.0. The Balaban J connectivity index is 1.51. The van der Waals surface area contributed by atoms with Gasteiger partial charge >= 0.3 is 0 Å². The zero-order chi connectivity index (χ0) is 20.4. The molecule has 29 heavy (non-hydrogen) atoms. The van der Waals surface area contributed by atoms with Crippen molar-refractivity contribution >= 4 is 23.4 Å². The summed E-state index contributed by atoms with van der Waals surface area (Å²) >= 11 is 6.16. The number of carbonyl (C=O) groups is 1. The summed E-state index contributed by atoms with van der Waals surface area (Å²) in [6.07, 6.45) is 0. The van der Waals surface area contributed by atoms with Crippen LogP contribution in [0, 0.1) is 18.3 Å². The van der Waals surface area contributed by atoms with Crippen LogP contribution in [-0.4, -0.2) is 42.0 Å². The maximum Gasteiger partial charge on any atom is 0.255 e. The number of hydrogen-bond acceptors (Lipinski definition) is 5. The van der Waals surface area contributed by atoms with Gasteiger partial charge in [-0.2, -0.15) is 10.2 Å². The lowest BCUT2D eigenvalue weighted by atomic mass is 10.1. The van der Waals surface area contributed by atoms with E-state index in [0.29, 0.717) is 48.5 Å². The summed E-state index contributed by atoms with van der Waals surface area (Å²) in [5.41, 5.74) is 2.68. The lowest BCUT2D eigenvalue weighted by Gasteiger charge is -2.34. The molecule has 6 nitrogen and oxygen atoms in total. The van der Waals surface area contributed by atoms with Gasteiger partial charge in [0.15, 0.2) is 0 Å². The van der Waals surface area contributed by atoms with Crippen LogP contribution in [-0.2, 0) is 0 Å². The van der Waals surface area contributed by atoms with Crippen LogP contribution < -0.4 is 4.90 Å². The average Bonchev–Trinajstić information content (AvgIpc) is 3.18. The number of amides is 1. The van der Waals surface area contributed by atoms with E-state index in [1.807, 2.05) is 36.1 Å². The molecule has 0 spiro atoms. The number of carbonyl (C=O) groups excluding carboxylic acids is 1. The maximum absolute atomic E-state index is 12.7. The van der Waals surface area contributed by atoms with Gasteiger partial charge in [-0.1, -0.05) is 41.4 Å². The van der Waals surface area contributed by atoms with Crippen molar-refractivity contribution in [2.24, 2.45) is 0 Å². The molecule has 1 saturated heterocycles. The van der Waals surface area contributed by atoms with Gasteiger partial charge in [-0.15, -0.1) is 0 Å². The molecule has 2 aromatic carbocycles. The Kier molecular flexibility index (Phi) is 5.24. The molecule has 0 aliphatic carbocycles. The van der Waals surface area contributed by atoms with Crippen molar-refractivity contribution in [2.75, 3.05) is 31.1 Å². The molecule has 1 aliphatic rings. The summed E-state index contributed by atoms with van der Waals surface area (Å²) < 4.78 is 5.95. The van der Waals surface area contributed by atoms with E-state index >= 15 is 0 Å². The smallest absolute Gasteiger partial charge is 0.255 e. The number of oxazole rings is 1. The Morgan fingerprint density at radius 3 is 2.59 bits per heavy atom. The van der Waals surface area contributed by atoms with Crippen molar-refractivity contribution in [1.29, 1.82) is 5.26 Å². The highest BCUT2D eigenvalue weighted by molar-refractivity contribution is 6.33. The number of nitriles is 1. The molecule has 0 saturated carbocycles. The van der Waals surface area contributed by atoms with Gasteiger partial charge in [-0.25, -0.2) is 0 Å².